The van der Waals surface area contributed by atoms with Crippen LogP contribution in [0.2, 0.25) is 0 Å². The van der Waals surface area contributed by atoms with Gasteiger partial charge in [-0.2, -0.15) is 0 Å². The van der Waals surface area contributed by atoms with Gasteiger partial charge in [0.05, 0.1) is 12.4 Å². The van der Waals surface area contributed by atoms with E-state index in [4.69, 9.17) is 4.74 Å². The first-order valence-corrected chi connectivity index (χ1v) is 11.7. The van der Waals surface area contributed by atoms with E-state index in [1.165, 1.54) is 24.4 Å². The normalized spacial score (nSPS) is 11.2. The molecular weight excluding hydrogens is 438 g/mol. The molecule has 174 valence electrons. The number of carbonyl (C=O) groups is 2. The standard InChI is InChI=1S/C24H29N5O3S/c1-6-32-19-13-11-18(12-14-19)29-21(16-7-9-17(10-8-16)24(2,3)4)27-28-23(29)33-15-20(30)26-22(31)25-5/h7-14H,6,15H2,1-5H3,(H2,25,26,30,31). The highest BCUT2D eigenvalue weighted by atomic mass is 32.2. The molecule has 0 unspecified atom stereocenters. The van der Waals surface area contributed by atoms with Crippen LogP contribution in [0.3, 0.4) is 0 Å². The molecule has 0 saturated carbocycles. The molecule has 3 aromatic rings. The second-order valence-corrected chi connectivity index (χ2v) is 9.25. The van der Waals surface area contributed by atoms with Crippen molar-refractivity contribution in [2.45, 2.75) is 38.3 Å². The van der Waals surface area contributed by atoms with Crippen LogP contribution in [0.15, 0.2) is 53.7 Å². The minimum Gasteiger partial charge on any atom is -0.494 e. The van der Waals surface area contributed by atoms with Crippen LogP contribution in [-0.2, 0) is 10.2 Å². The fourth-order valence-electron chi connectivity index (χ4n) is 3.12. The lowest BCUT2D eigenvalue weighted by Gasteiger charge is -2.19. The van der Waals surface area contributed by atoms with E-state index in [1.807, 2.05) is 47.9 Å². The van der Waals surface area contributed by atoms with Gasteiger partial charge in [-0.05, 0) is 42.2 Å². The zero-order valence-electron chi connectivity index (χ0n) is 19.5. The van der Waals surface area contributed by atoms with E-state index >= 15 is 0 Å². The second kappa shape index (κ2) is 10.5. The van der Waals surface area contributed by atoms with Crippen LogP contribution in [0.5, 0.6) is 5.75 Å². The molecule has 0 atom stereocenters. The summed E-state index contributed by atoms with van der Waals surface area (Å²) in [6, 6.07) is 15.3. The Kier molecular flexibility index (Phi) is 7.75. The molecular formula is C24H29N5O3S. The van der Waals surface area contributed by atoms with Gasteiger partial charge in [0.1, 0.15) is 5.75 Å². The van der Waals surface area contributed by atoms with E-state index < -0.39 is 11.9 Å². The summed E-state index contributed by atoms with van der Waals surface area (Å²) in [7, 11) is 1.45. The number of ether oxygens (including phenoxy) is 1. The summed E-state index contributed by atoms with van der Waals surface area (Å²) < 4.78 is 7.46. The zero-order valence-corrected chi connectivity index (χ0v) is 20.3. The van der Waals surface area contributed by atoms with E-state index in [1.54, 1.807) is 0 Å². The lowest BCUT2D eigenvalue weighted by molar-refractivity contribution is -0.117. The molecule has 0 aliphatic rings. The van der Waals surface area contributed by atoms with Gasteiger partial charge in [0.25, 0.3) is 0 Å². The molecule has 0 saturated heterocycles. The highest BCUT2D eigenvalue weighted by molar-refractivity contribution is 7.99. The van der Waals surface area contributed by atoms with Crippen LogP contribution in [0, 0.1) is 0 Å². The summed E-state index contributed by atoms with van der Waals surface area (Å²) in [5.74, 6) is 1.03. The summed E-state index contributed by atoms with van der Waals surface area (Å²) in [6.45, 7) is 9.03. The Morgan fingerprint density at radius 1 is 1.03 bits per heavy atom. The van der Waals surface area contributed by atoms with Crippen LogP contribution >= 0.6 is 11.8 Å². The third-order valence-electron chi connectivity index (χ3n) is 4.86. The molecule has 0 spiro atoms. The van der Waals surface area contributed by atoms with E-state index in [0.717, 1.165) is 17.0 Å². The molecule has 1 heterocycles. The van der Waals surface area contributed by atoms with Crippen LogP contribution in [0.1, 0.15) is 33.3 Å². The van der Waals surface area contributed by atoms with Crippen molar-refractivity contribution in [1.29, 1.82) is 0 Å². The van der Waals surface area contributed by atoms with Gasteiger partial charge in [0, 0.05) is 18.3 Å². The second-order valence-electron chi connectivity index (χ2n) is 8.31. The number of carbonyl (C=O) groups excluding carboxylic acids is 2. The maximum atomic E-state index is 12.1. The van der Waals surface area contributed by atoms with Gasteiger partial charge in [-0.1, -0.05) is 56.8 Å². The number of hydrogen-bond acceptors (Lipinski definition) is 6. The number of thioether (sulfide) groups is 1. The summed E-state index contributed by atoms with van der Waals surface area (Å²) in [5.41, 5.74) is 3.01. The number of amides is 3. The van der Waals surface area contributed by atoms with Gasteiger partial charge >= 0.3 is 6.03 Å². The van der Waals surface area contributed by atoms with Crippen molar-refractivity contribution in [1.82, 2.24) is 25.4 Å². The molecule has 9 heteroatoms. The number of nitrogens with one attached hydrogen (secondary N) is 2. The molecule has 2 N–H and O–H groups in total. The smallest absolute Gasteiger partial charge is 0.321 e. The Hall–Kier alpha value is -3.33. The Bertz CT molecular complexity index is 1100. The molecule has 3 amide bonds. The SMILES string of the molecule is CCOc1ccc(-n2c(SCC(=O)NC(=O)NC)nnc2-c2ccc(C(C)(C)C)cc2)cc1. The third kappa shape index (κ3) is 6.13. The van der Waals surface area contributed by atoms with Gasteiger partial charge in [0.15, 0.2) is 11.0 Å². The first-order valence-electron chi connectivity index (χ1n) is 10.7. The van der Waals surface area contributed by atoms with Gasteiger partial charge in [-0.15, -0.1) is 10.2 Å². The topological polar surface area (TPSA) is 98.1 Å². The number of benzene rings is 2. The van der Waals surface area contributed by atoms with Crippen molar-refractivity contribution in [2.75, 3.05) is 19.4 Å². The molecule has 33 heavy (non-hydrogen) atoms. The highest BCUT2D eigenvalue weighted by Crippen LogP contribution is 2.30. The molecule has 0 aliphatic heterocycles. The molecule has 2 aromatic carbocycles. The monoisotopic (exact) mass is 467 g/mol. The molecule has 8 nitrogen and oxygen atoms in total. The predicted molar refractivity (Wildman–Crippen MR) is 130 cm³/mol. The number of nitrogens with zero attached hydrogens (tertiary/aromatic N) is 3. The molecule has 0 fully saturated rings. The predicted octanol–water partition coefficient (Wildman–Crippen LogP) is 4.18. The first kappa shape index (κ1) is 24.3. The number of imide groups is 1. The minimum atomic E-state index is -0.548. The van der Waals surface area contributed by atoms with E-state index in [9.17, 15) is 9.59 Å². The number of urea groups is 1. The Morgan fingerprint density at radius 2 is 1.70 bits per heavy atom. The van der Waals surface area contributed by atoms with Gasteiger partial charge in [-0.3, -0.25) is 14.7 Å². The van der Waals surface area contributed by atoms with Crippen molar-refractivity contribution >= 4 is 23.7 Å². The molecule has 0 bridgehead atoms. The summed E-state index contributed by atoms with van der Waals surface area (Å²) in [5, 5.41) is 13.9. The highest BCUT2D eigenvalue weighted by Gasteiger charge is 2.19. The van der Waals surface area contributed by atoms with Crippen LogP contribution < -0.4 is 15.4 Å². The number of rotatable bonds is 7. The number of hydrogen-bond donors (Lipinski definition) is 2. The van der Waals surface area contributed by atoms with Crippen molar-refractivity contribution < 1.29 is 14.3 Å². The van der Waals surface area contributed by atoms with Crippen LogP contribution in [-0.4, -0.2) is 46.1 Å². The van der Waals surface area contributed by atoms with Crippen molar-refractivity contribution in [2.24, 2.45) is 0 Å². The third-order valence-corrected chi connectivity index (χ3v) is 5.79. The van der Waals surface area contributed by atoms with E-state index in [-0.39, 0.29) is 11.2 Å². The summed E-state index contributed by atoms with van der Waals surface area (Å²) in [6.07, 6.45) is 0. The number of aromatic nitrogens is 3. The molecule has 3 rings (SSSR count). The first-order chi connectivity index (χ1) is 15.7. The van der Waals surface area contributed by atoms with Crippen molar-refractivity contribution in [3.05, 3.63) is 54.1 Å². The Labute approximate surface area is 198 Å². The maximum absolute atomic E-state index is 12.1. The fraction of sp³-hybridized carbons (Fsp3) is 0.333. The summed E-state index contributed by atoms with van der Waals surface area (Å²) >= 11 is 1.21. The van der Waals surface area contributed by atoms with E-state index in [2.05, 4.69) is 53.7 Å². The van der Waals surface area contributed by atoms with Crippen LogP contribution in [0.4, 0.5) is 4.79 Å². The zero-order chi connectivity index (χ0) is 24.0. The average molecular weight is 468 g/mol. The molecule has 0 aliphatic carbocycles. The van der Waals surface area contributed by atoms with E-state index in [0.29, 0.717) is 17.6 Å². The average Bonchev–Trinajstić information content (AvgIpc) is 3.22. The Morgan fingerprint density at radius 3 is 2.27 bits per heavy atom. The molecule has 1 aromatic heterocycles. The minimum absolute atomic E-state index is 0.0194. The lowest BCUT2D eigenvalue weighted by Crippen LogP contribution is -2.38. The lowest BCUT2D eigenvalue weighted by atomic mass is 9.87. The van der Waals surface area contributed by atoms with Crippen LogP contribution in [0.25, 0.3) is 17.1 Å². The molecule has 0 radical (unpaired) electrons. The largest absolute Gasteiger partial charge is 0.494 e. The van der Waals surface area contributed by atoms with Gasteiger partial charge < -0.3 is 10.1 Å². The maximum Gasteiger partial charge on any atom is 0.321 e. The van der Waals surface area contributed by atoms with Gasteiger partial charge in [0.2, 0.25) is 5.91 Å². The summed E-state index contributed by atoms with van der Waals surface area (Å²) in [4.78, 5) is 23.5. The van der Waals surface area contributed by atoms with Crippen molar-refractivity contribution in [3.8, 4) is 22.8 Å². The van der Waals surface area contributed by atoms with Gasteiger partial charge in [-0.25, -0.2) is 4.79 Å². The van der Waals surface area contributed by atoms with Crippen molar-refractivity contribution in [3.63, 3.8) is 0 Å². The quantitative estimate of drug-likeness (QED) is 0.506. The Balaban J connectivity index is 1.96. The fourth-order valence-corrected chi connectivity index (χ4v) is 3.87.